The number of rotatable bonds is 2. The van der Waals surface area contributed by atoms with Gasteiger partial charge in [0.1, 0.15) is 0 Å². The summed E-state index contributed by atoms with van der Waals surface area (Å²) in [5.74, 6) is 0.594. The van der Waals surface area contributed by atoms with Crippen molar-refractivity contribution in [3.8, 4) is 0 Å². The molecule has 2 rings (SSSR count). The van der Waals surface area contributed by atoms with Gasteiger partial charge in [0.25, 0.3) is 0 Å². The lowest BCUT2D eigenvalue weighted by atomic mass is 9.80. The van der Waals surface area contributed by atoms with Crippen LogP contribution in [-0.2, 0) is 0 Å². The standard InChI is InChI=1S/C10H19NO/c12-10(9-6-7-11-9)8-4-2-1-3-5-8/h8-12H,1-7H2. The van der Waals surface area contributed by atoms with Crippen molar-refractivity contribution < 1.29 is 5.11 Å². The largest absolute Gasteiger partial charge is 0.391 e. The lowest BCUT2D eigenvalue weighted by Crippen LogP contribution is -2.53. The van der Waals surface area contributed by atoms with Crippen molar-refractivity contribution in [2.24, 2.45) is 5.92 Å². The van der Waals surface area contributed by atoms with Gasteiger partial charge in [-0.25, -0.2) is 0 Å². The zero-order valence-corrected chi connectivity index (χ0v) is 7.63. The third-order valence-electron chi connectivity index (χ3n) is 3.41. The van der Waals surface area contributed by atoms with Crippen molar-refractivity contribution >= 4 is 0 Å². The molecule has 1 saturated heterocycles. The number of aliphatic hydroxyl groups is 1. The molecule has 2 heteroatoms. The highest BCUT2D eigenvalue weighted by Crippen LogP contribution is 2.29. The molecule has 2 nitrogen and oxygen atoms in total. The van der Waals surface area contributed by atoms with E-state index in [1.54, 1.807) is 0 Å². The molecule has 0 spiro atoms. The quantitative estimate of drug-likeness (QED) is 0.653. The maximum atomic E-state index is 9.93. The Balaban J connectivity index is 1.80. The number of hydrogen-bond acceptors (Lipinski definition) is 2. The average Bonchev–Trinajstić information content (AvgIpc) is 2.03. The Morgan fingerprint density at radius 1 is 1.08 bits per heavy atom. The monoisotopic (exact) mass is 169 g/mol. The predicted molar refractivity (Wildman–Crippen MR) is 49.0 cm³/mol. The normalized spacial score (nSPS) is 34.2. The van der Waals surface area contributed by atoms with E-state index < -0.39 is 0 Å². The molecule has 1 aliphatic carbocycles. The van der Waals surface area contributed by atoms with Crippen LogP contribution in [-0.4, -0.2) is 23.8 Å². The summed E-state index contributed by atoms with van der Waals surface area (Å²) in [5.41, 5.74) is 0. The van der Waals surface area contributed by atoms with Crippen LogP contribution in [0.5, 0.6) is 0 Å². The van der Waals surface area contributed by atoms with Gasteiger partial charge in [0.15, 0.2) is 0 Å². The van der Waals surface area contributed by atoms with Crippen LogP contribution in [0.15, 0.2) is 0 Å². The molecule has 0 bridgehead atoms. The molecule has 1 saturated carbocycles. The molecule has 70 valence electrons. The molecule has 0 aromatic rings. The van der Waals surface area contributed by atoms with Crippen molar-refractivity contribution in [1.82, 2.24) is 5.32 Å². The van der Waals surface area contributed by atoms with Gasteiger partial charge in [-0.1, -0.05) is 19.3 Å². The highest BCUT2D eigenvalue weighted by atomic mass is 16.3. The van der Waals surface area contributed by atoms with Crippen molar-refractivity contribution in [3.05, 3.63) is 0 Å². The number of aliphatic hydroxyl groups excluding tert-OH is 1. The van der Waals surface area contributed by atoms with Crippen LogP contribution in [0.3, 0.4) is 0 Å². The SMILES string of the molecule is OC(C1CCCCC1)C1CCN1. The summed E-state index contributed by atoms with van der Waals surface area (Å²) < 4.78 is 0. The smallest absolute Gasteiger partial charge is 0.0721 e. The van der Waals surface area contributed by atoms with Crippen LogP contribution in [0.25, 0.3) is 0 Å². The zero-order chi connectivity index (χ0) is 8.39. The van der Waals surface area contributed by atoms with Gasteiger partial charge in [0.05, 0.1) is 6.10 Å². The van der Waals surface area contributed by atoms with E-state index in [1.165, 1.54) is 38.5 Å². The predicted octanol–water partition coefficient (Wildman–Crippen LogP) is 1.29. The van der Waals surface area contributed by atoms with E-state index in [9.17, 15) is 5.11 Å². The second kappa shape index (κ2) is 3.75. The van der Waals surface area contributed by atoms with Crippen LogP contribution in [0.1, 0.15) is 38.5 Å². The van der Waals surface area contributed by atoms with Gasteiger partial charge in [-0.2, -0.15) is 0 Å². The zero-order valence-electron chi connectivity index (χ0n) is 7.63. The van der Waals surface area contributed by atoms with Crippen LogP contribution in [0, 0.1) is 5.92 Å². The van der Waals surface area contributed by atoms with Crippen LogP contribution < -0.4 is 5.32 Å². The summed E-state index contributed by atoms with van der Waals surface area (Å²) in [6.45, 7) is 1.11. The Bertz CT molecular complexity index is 139. The molecule has 12 heavy (non-hydrogen) atoms. The first kappa shape index (κ1) is 8.52. The molecule has 0 radical (unpaired) electrons. The van der Waals surface area contributed by atoms with E-state index in [4.69, 9.17) is 0 Å². The first-order valence-electron chi connectivity index (χ1n) is 5.29. The van der Waals surface area contributed by atoms with Gasteiger partial charge in [0, 0.05) is 6.04 Å². The van der Waals surface area contributed by atoms with Gasteiger partial charge in [0.2, 0.25) is 0 Å². The third-order valence-corrected chi connectivity index (χ3v) is 3.41. The summed E-state index contributed by atoms with van der Waals surface area (Å²) in [7, 11) is 0. The first-order chi connectivity index (χ1) is 5.88. The average molecular weight is 169 g/mol. The molecular weight excluding hydrogens is 150 g/mol. The van der Waals surface area contributed by atoms with Gasteiger partial charge in [-0.3, -0.25) is 0 Å². The molecule has 2 fully saturated rings. The van der Waals surface area contributed by atoms with Crippen LogP contribution in [0.4, 0.5) is 0 Å². The maximum absolute atomic E-state index is 9.93. The topological polar surface area (TPSA) is 32.3 Å². The van der Waals surface area contributed by atoms with Crippen molar-refractivity contribution in [3.63, 3.8) is 0 Å². The maximum Gasteiger partial charge on any atom is 0.0721 e. The Morgan fingerprint density at radius 2 is 1.75 bits per heavy atom. The van der Waals surface area contributed by atoms with E-state index >= 15 is 0 Å². The molecule has 2 atom stereocenters. The summed E-state index contributed by atoms with van der Waals surface area (Å²) in [5, 5.41) is 13.2. The molecule has 1 aliphatic heterocycles. The van der Waals surface area contributed by atoms with Crippen molar-refractivity contribution in [2.75, 3.05) is 6.54 Å². The molecule has 0 aromatic carbocycles. The number of hydrogen-bond donors (Lipinski definition) is 2. The molecule has 2 aliphatic rings. The van der Waals surface area contributed by atoms with E-state index in [1.807, 2.05) is 0 Å². The molecular formula is C10H19NO. The molecule has 2 unspecified atom stereocenters. The minimum atomic E-state index is -0.0564. The molecule has 2 N–H and O–H groups in total. The van der Waals surface area contributed by atoms with Gasteiger partial charge in [-0.05, 0) is 31.7 Å². The van der Waals surface area contributed by atoms with Crippen LogP contribution in [0.2, 0.25) is 0 Å². The molecule has 0 amide bonds. The highest BCUT2D eigenvalue weighted by Gasteiger charge is 2.31. The fraction of sp³-hybridized carbons (Fsp3) is 1.00. The van der Waals surface area contributed by atoms with Crippen molar-refractivity contribution in [2.45, 2.75) is 50.7 Å². The Labute approximate surface area is 74.4 Å². The minimum Gasteiger partial charge on any atom is -0.391 e. The first-order valence-corrected chi connectivity index (χ1v) is 5.29. The van der Waals surface area contributed by atoms with E-state index in [-0.39, 0.29) is 6.10 Å². The summed E-state index contributed by atoms with van der Waals surface area (Å²) in [4.78, 5) is 0. The summed E-state index contributed by atoms with van der Waals surface area (Å²) >= 11 is 0. The number of nitrogens with one attached hydrogen (secondary N) is 1. The van der Waals surface area contributed by atoms with Gasteiger partial charge in [-0.15, -0.1) is 0 Å². The van der Waals surface area contributed by atoms with Gasteiger partial charge >= 0.3 is 0 Å². The van der Waals surface area contributed by atoms with E-state index in [2.05, 4.69) is 5.32 Å². The minimum absolute atomic E-state index is 0.0564. The van der Waals surface area contributed by atoms with E-state index in [0.717, 1.165) is 6.54 Å². The lowest BCUT2D eigenvalue weighted by molar-refractivity contribution is 0.0284. The Morgan fingerprint density at radius 3 is 2.25 bits per heavy atom. The fourth-order valence-corrected chi connectivity index (χ4v) is 2.41. The lowest BCUT2D eigenvalue weighted by Gasteiger charge is -2.37. The molecule has 1 heterocycles. The second-order valence-electron chi connectivity index (χ2n) is 4.24. The molecule has 0 aromatic heterocycles. The fourth-order valence-electron chi connectivity index (χ4n) is 2.41. The van der Waals surface area contributed by atoms with Crippen molar-refractivity contribution in [1.29, 1.82) is 0 Å². The Kier molecular flexibility index (Phi) is 2.66. The summed E-state index contributed by atoms with van der Waals surface area (Å²) in [6, 6.07) is 0.424. The van der Waals surface area contributed by atoms with E-state index in [0.29, 0.717) is 12.0 Å². The second-order valence-corrected chi connectivity index (χ2v) is 4.24. The highest BCUT2D eigenvalue weighted by molar-refractivity contribution is 4.89. The third kappa shape index (κ3) is 1.64. The summed E-state index contributed by atoms with van der Waals surface area (Å²) in [6.07, 6.45) is 7.65. The van der Waals surface area contributed by atoms with Crippen LogP contribution >= 0.6 is 0 Å². The van der Waals surface area contributed by atoms with Gasteiger partial charge < -0.3 is 10.4 Å². The Hall–Kier alpha value is -0.0800.